The van der Waals surface area contributed by atoms with E-state index in [0.29, 0.717) is 0 Å². The molecule has 0 unspecified atom stereocenters. The highest BCUT2D eigenvalue weighted by Gasteiger charge is 2.20. The summed E-state index contributed by atoms with van der Waals surface area (Å²) in [6, 6.07) is 3.92. The summed E-state index contributed by atoms with van der Waals surface area (Å²) < 4.78 is 0. The summed E-state index contributed by atoms with van der Waals surface area (Å²) in [5.74, 6) is 2.54. The first kappa shape index (κ1) is 18.7. The maximum atomic E-state index is 4.77. The fourth-order valence-corrected chi connectivity index (χ4v) is 3.85. The van der Waals surface area contributed by atoms with E-state index < -0.39 is 0 Å². The Morgan fingerprint density at radius 1 is 1.00 bits per heavy atom. The molecule has 28 heavy (non-hydrogen) atoms. The molecule has 0 saturated carbocycles. The van der Waals surface area contributed by atoms with E-state index in [0.717, 1.165) is 62.6 Å². The van der Waals surface area contributed by atoms with E-state index in [1.807, 2.05) is 13.0 Å². The Labute approximate surface area is 166 Å². The number of aryl methyl sites for hydroxylation is 1. The molecule has 0 amide bonds. The minimum absolute atomic E-state index is 0.736. The molecule has 148 valence electrons. The van der Waals surface area contributed by atoms with Crippen LogP contribution in [0.4, 0.5) is 17.7 Å². The molecule has 2 aliphatic rings. The molecule has 1 aliphatic carbocycles. The summed E-state index contributed by atoms with van der Waals surface area (Å²) in [7, 11) is 0. The summed E-state index contributed by atoms with van der Waals surface area (Å²) in [5.41, 5.74) is 2.57. The van der Waals surface area contributed by atoms with Crippen LogP contribution in [0.5, 0.6) is 0 Å². The number of anilines is 3. The fourth-order valence-electron chi connectivity index (χ4n) is 3.85. The Morgan fingerprint density at radius 3 is 2.54 bits per heavy atom. The second-order valence-corrected chi connectivity index (χ2v) is 7.50. The number of aromatic nitrogens is 4. The van der Waals surface area contributed by atoms with Gasteiger partial charge in [-0.05, 0) is 45.1 Å². The van der Waals surface area contributed by atoms with Gasteiger partial charge < -0.3 is 15.1 Å². The largest absolute Gasteiger partial charge is 0.354 e. The molecule has 0 atom stereocenters. The molecule has 7 nitrogen and oxygen atoms in total. The molecule has 4 rings (SSSR count). The van der Waals surface area contributed by atoms with Crippen LogP contribution in [0.15, 0.2) is 36.2 Å². The molecule has 2 aromatic rings. The van der Waals surface area contributed by atoms with E-state index >= 15 is 0 Å². The lowest BCUT2D eigenvalue weighted by Crippen LogP contribution is -2.47. The molecule has 0 aromatic carbocycles. The van der Waals surface area contributed by atoms with Gasteiger partial charge >= 0.3 is 0 Å². The number of nitrogens with one attached hydrogen (secondary N) is 1. The lowest BCUT2D eigenvalue weighted by atomic mass is 9.97. The minimum atomic E-state index is 0.736. The number of rotatable bonds is 6. The average molecular weight is 380 g/mol. The Bertz CT molecular complexity index is 798. The predicted octanol–water partition coefficient (Wildman–Crippen LogP) is 3.20. The molecule has 0 radical (unpaired) electrons. The van der Waals surface area contributed by atoms with Gasteiger partial charge in [0.25, 0.3) is 0 Å². The zero-order chi connectivity index (χ0) is 19.2. The van der Waals surface area contributed by atoms with Crippen molar-refractivity contribution in [2.24, 2.45) is 0 Å². The van der Waals surface area contributed by atoms with Crippen molar-refractivity contribution in [2.45, 2.75) is 39.0 Å². The number of hydrogen-bond donors (Lipinski definition) is 1. The van der Waals surface area contributed by atoms with E-state index in [1.165, 1.54) is 25.7 Å². The maximum Gasteiger partial charge on any atom is 0.225 e. The Kier molecular flexibility index (Phi) is 5.99. The highest BCUT2D eigenvalue weighted by molar-refractivity contribution is 5.47. The Hall–Kier alpha value is -2.70. The highest BCUT2D eigenvalue weighted by atomic mass is 15.3. The first-order valence-electron chi connectivity index (χ1n) is 10.3. The van der Waals surface area contributed by atoms with Crippen molar-refractivity contribution in [1.82, 2.24) is 19.9 Å². The van der Waals surface area contributed by atoms with Crippen LogP contribution in [0.3, 0.4) is 0 Å². The molecule has 7 heteroatoms. The predicted molar refractivity (Wildman–Crippen MR) is 113 cm³/mol. The molecule has 1 fully saturated rings. The summed E-state index contributed by atoms with van der Waals surface area (Å²) in [6.45, 7) is 6.53. The standard InChI is InChI=1S/C21H29N7/c1-17-16-19(26-20(25-17)22-11-8-18-6-3-2-4-7-18)27-12-14-28(15-13-27)21-23-9-5-10-24-21/h5-6,9-10,16H,2-4,7-8,11-15H2,1H3,(H,22,25,26). The average Bonchev–Trinajstić information content (AvgIpc) is 2.75. The van der Waals surface area contributed by atoms with Gasteiger partial charge in [0.1, 0.15) is 5.82 Å². The second kappa shape index (κ2) is 8.99. The summed E-state index contributed by atoms with van der Waals surface area (Å²) in [6.07, 6.45) is 12.2. The monoisotopic (exact) mass is 379 g/mol. The topological polar surface area (TPSA) is 70.1 Å². The van der Waals surface area contributed by atoms with Crippen molar-refractivity contribution >= 4 is 17.7 Å². The summed E-state index contributed by atoms with van der Waals surface area (Å²) in [5, 5.41) is 3.43. The van der Waals surface area contributed by atoms with Gasteiger partial charge in [-0.1, -0.05) is 11.6 Å². The van der Waals surface area contributed by atoms with Crippen LogP contribution in [0.25, 0.3) is 0 Å². The van der Waals surface area contributed by atoms with E-state index in [1.54, 1.807) is 18.0 Å². The molecular weight excluding hydrogens is 350 g/mol. The number of piperazine rings is 1. The molecule has 0 bridgehead atoms. The van der Waals surface area contributed by atoms with Crippen molar-refractivity contribution in [2.75, 3.05) is 47.8 Å². The van der Waals surface area contributed by atoms with Gasteiger partial charge in [0.05, 0.1) is 0 Å². The van der Waals surface area contributed by atoms with E-state index in [2.05, 4.69) is 42.2 Å². The summed E-state index contributed by atoms with van der Waals surface area (Å²) in [4.78, 5) is 22.6. The third-order valence-electron chi connectivity index (χ3n) is 5.39. The summed E-state index contributed by atoms with van der Waals surface area (Å²) >= 11 is 0. The molecule has 3 heterocycles. The first-order valence-corrected chi connectivity index (χ1v) is 10.3. The van der Waals surface area contributed by atoms with Crippen LogP contribution < -0.4 is 15.1 Å². The zero-order valence-electron chi connectivity index (χ0n) is 16.6. The molecule has 1 saturated heterocycles. The highest BCUT2D eigenvalue weighted by Crippen LogP contribution is 2.21. The van der Waals surface area contributed by atoms with Gasteiger partial charge in [0.2, 0.25) is 11.9 Å². The third-order valence-corrected chi connectivity index (χ3v) is 5.39. The van der Waals surface area contributed by atoms with E-state index in [-0.39, 0.29) is 0 Å². The number of allylic oxidation sites excluding steroid dienone is 1. The van der Waals surface area contributed by atoms with Crippen LogP contribution in [0, 0.1) is 6.92 Å². The Morgan fingerprint density at radius 2 is 1.79 bits per heavy atom. The molecule has 1 N–H and O–H groups in total. The quantitative estimate of drug-likeness (QED) is 0.773. The number of hydrogen-bond acceptors (Lipinski definition) is 7. The van der Waals surface area contributed by atoms with Crippen molar-refractivity contribution in [3.05, 3.63) is 41.9 Å². The molecular formula is C21H29N7. The zero-order valence-corrected chi connectivity index (χ0v) is 16.6. The second-order valence-electron chi connectivity index (χ2n) is 7.50. The van der Waals surface area contributed by atoms with Crippen LogP contribution in [-0.4, -0.2) is 52.7 Å². The van der Waals surface area contributed by atoms with Gasteiger partial charge in [0, 0.05) is 56.9 Å². The first-order chi connectivity index (χ1) is 13.8. The van der Waals surface area contributed by atoms with Gasteiger partial charge in [-0.2, -0.15) is 4.98 Å². The Balaban J connectivity index is 1.34. The van der Waals surface area contributed by atoms with Gasteiger partial charge in [0.15, 0.2) is 0 Å². The van der Waals surface area contributed by atoms with Crippen LogP contribution in [0.1, 0.15) is 37.8 Å². The van der Waals surface area contributed by atoms with Crippen molar-refractivity contribution in [1.29, 1.82) is 0 Å². The van der Waals surface area contributed by atoms with Crippen molar-refractivity contribution in [3.63, 3.8) is 0 Å². The van der Waals surface area contributed by atoms with Gasteiger partial charge in [-0.15, -0.1) is 0 Å². The molecule has 1 aliphatic heterocycles. The van der Waals surface area contributed by atoms with Crippen molar-refractivity contribution < 1.29 is 0 Å². The number of nitrogens with zero attached hydrogens (tertiary/aromatic N) is 6. The maximum absolute atomic E-state index is 4.77. The molecule has 2 aromatic heterocycles. The third kappa shape index (κ3) is 4.77. The fraction of sp³-hybridized carbons (Fsp3) is 0.524. The lowest BCUT2D eigenvalue weighted by Gasteiger charge is -2.35. The van der Waals surface area contributed by atoms with Gasteiger partial charge in [-0.3, -0.25) is 0 Å². The molecule has 0 spiro atoms. The van der Waals surface area contributed by atoms with Crippen molar-refractivity contribution in [3.8, 4) is 0 Å². The normalized spacial score (nSPS) is 17.4. The van der Waals surface area contributed by atoms with E-state index in [4.69, 9.17) is 4.98 Å². The van der Waals surface area contributed by atoms with Crippen LogP contribution in [-0.2, 0) is 0 Å². The SMILES string of the molecule is Cc1cc(N2CCN(c3ncccn3)CC2)nc(NCCC2=CCCCC2)n1. The van der Waals surface area contributed by atoms with E-state index in [9.17, 15) is 0 Å². The van der Waals surface area contributed by atoms with Gasteiger partial charge in [-0.25, -0.2) is 15.0 Å². The smallest absolute Gasteiger partial charge is 0.225 e. The van der Waals surface area contributed by atoms with Crippen LogP contribution >= 0.6 is 0 Å². The van der Waals surface area contributed by atoms with Crippen LogP contribution in [0.2, 0.25) is 0 Å². The minimum Gasteiger partial charge on any atom is -0.354 e. The lowest BCUT2D eigenvalue weighted by molar-refractivity contribution is 0.633.